The summed E-state index contributed by atoms with van der Waals surface area (Å²) >= 11 is 0. The van der Waals surface area contributed by atoms with Crippen LogP contribution in [0.2, 0.25) is 0 Å². The average molecular weight is 224 g/mol. The largest absolute Gasteiger partial charge is 0.400 e. The van der Waals surface area contributed by atoms with Crippen molar-refractivity contribution in [2.75, 3.05) is 19.6 Å². The Morgan fingerprint density at radius 1 is 1.60 bits per heavy atom. The molecule has 1 aliphatic heterocycles. The molecule has 0 bridgehead atoms. The molecule has 1 saturated heterocycles. The van der Waals surface area contributed by atoms with Gasteiger partial charge in [0.2, 0.25) is 5.91 Å². The molecule has 88 valence electrons. The Morgan fingerprint density at radius 3 is 2.73 bits per heavy atom. The maximum absolute atomic E-state index is 12.1. The van der Waals surface area contributed by atoms with Gasteiger partial charge in [0.25, 0.3) is 0 Å². The molecule has 1 aliphatic rings. The highest BCUT2D eigenvalue weighted by Gasteiger charge is 2.41. The van der Waals surface area contributed by atoms with E-state index in [1.165, 1.54) is 0 Å². The summed E-state index contributed by atoms with van der Waals surface area (Å²) in [6.45, 7) is 2.84. The Hall–Kier alpha value is -0.780. The van der Waals surface area contributed by atoms with Crippen molar-refractivity contribution in [2.24, 2.45) is 11.8 Å². The third kappa shape index (κ3) is 3.70. The van der Waals surface area contributed by atoms with Crippen LogP contribution in [0.5, 0.6) is 0 Å². The topological polar surface area (TPSA) is 41.1 Å². The minimum absolute atomic E-state index is 0.259. The Balaban J connectivity index is 2.29. The van der Waals surface area contributed by atoms with Gasteiger partial charge in [0, 0.05) is 6.54 Å². The van der Waals surface area contributed by atoms with Gasteiger partial charge in [-0.3, -0.25) is 4.79 Å². The van der Waals surface area contributed by atoms with E-state index in [0.717, 1.165) is 26.4 Å². The summed E-state index contributed by atoms with van der Waals surface area (Å²) in [5, 5.41) is 5.41. The Kier molecular flexibility index (Phi) is 3.96. The van der Waals surface area contributed by atoms with Crippen molar-refractivity contribution in [2.45, 2.75) is 19.5 Å². The minimum Gasteiger partial charge on any atom is -0.355 e. The first-order valence-electron chi connectivity index (χ1n) is 4.96. The lowest BCUT2D eigenvalue weighted by molar-refractivity contribution is -0.178. The molecular formula is C9H15F3N2O. The molecule has 0 aromatic heterocycles. The van der Waals surface area contributed by atoms with Gasteiger partial charge >= 0.3 is 6.18 Å². The molecule has 0 aliphatic carbocycles. The van der Waals surface area contributed by atoms with Crippen molar-refractivity contribution in [1.82, 2.24) is 10.6 Å². The molecule has 0 radical (unpaired) electrons. The van der Waals surface area contributed by atoms with Gasteiger partial charge in [-0.05, 0) is 32.4 Å². The number of halogens is 3. The van der Waals surface area contributed by atoms with E-state index in [2.05, 4.69) is 10.6 Å². The highest BCUT2D eigenvalue weighted by molar-refractivity contribution is 5.78. The number of alkyl halides is 3. The van der Waals surface area contributed by atoms with Gasteiger partial charge in [-0.1, -0.05) is 0 Å². The summed E-state index contributed by atoms with van der Waals surface area (Å²) in [5.41, 5.74) is 0. The smallest absolute Gasteiger partial charge is 0.355 e. The number of carbonyl (C=O) groups is 1. The molecule has 0 saturated carbocycles. The number of hydrogen-bond donors (Lipinski definition) is 2. The van der Waals surface area contributed by atoms with Crippen LogP contribution in [0.25, 0.3) is 0 Å². The zero-order valence-corrected chi connectivity index (χ0v) is 8.53. The lowest BCUT2D eigenvalue weighted by Crippen LogP contribution is -2.39. The maximum atomic E-state index is 12.1. The molecule has 2 unspecified atom stereocenters. The quantitative estimate of drug-likeness (QED) is 0.748. The van der Waals surface area contributed by atoms with Gasteiger partial charge in [-0.25, -0.2) is 0 Å². The first-order chi connectivity index (χ1) is 6.91. The van der Waals surface area contributed by atoms with Crippen LogP contribution in [0.15, 0.2) is 0 Å². The van der Waals surface area contributed by atoms with Crippen LogP contribution in [-0.2, 0) is 4.79 Å². The third-order valence-electron chi connectivity index (χ3n) is 2.61. The van der Waals surface area contributed by atoms with Gasteiger partial charge in [0.15, 0.2) is 0 Å². The van der Waals surface area contributed by atoms with Gasteiger partial charge in [-0.15, -0.1) is 0 Å². The zero-order valence-electron chi connectivity index (χ0n) is 8.53. The molecule has 1 heterocycles. The van der Waals surface area contributed by atoms with Crippen LogP contribution in [0.4, 0.5) is 13.2 Å². The summed E-state index contributed by atoms with van der Waals surface area (Å²) in [6.07, 6.45) is -3.54. The second-order valence-corrected chi connectivity index (χ2v) is 3.87. The predicted octanol–water partition coefficient (Wildman–Crippen LogP) is 0.910. The Labute approximate surface area is 86.4 Å². The molecular weight excluding hydrogens is 209 g/mol. The molecule has 2 atom stereocenters. The molecule has 1 amide bonds. The number of carbonyl (C=O) groups excluding carboxylic acids is 1. The van der Waals surface area contributed by atoms with Gasteiger partial charge < -0.3 is 10.6 Å². The summed E-state index contributed by atoms with van der Waals surface area (Å²) < 4.78 is 36.4. The second-order valence-electron chi connectivity index (χ2n) is 3.87. The molecule has 0 aromatic rings. The third-order valence-corrected chi connectivity index (χ3v) is 2.61. The van der Waals surface area contributed by atoms with Crippen molar-refractivity contribution < 1.29 is 18.0 Å². The van der Waals surface area contributed by atoms with Crippen molar-refractivity contribution in [3.05, 3.63) is 0 Å². The summed E-state index contributed by atoms with van der Waals surface area (Å²) in [5.74, 6) is -2.60. The van der Waals surface area contributed by atoms with Gasteiger partial charge in [0.1, 0.15) is 5.92 Å². The van der Waals surface area contributed by atoms with Crippen LogP contribution < -0.4 is 10.6 Å². The molecule has 0 spiro atoms. The fraction of sp³-hybridized carbons (Fsp3) is 0.889. The highest BCUT2D eigenvalue weighted by Crippen LogP contribution is 2.25. The van der Waals surface area contributed by atoms with Gasteiger partial charge in [-0.2, -0.15) is 13.2 Å². The molecule has 6 heteroatoms. The van der Waals surface area contributed by atoms with Crippen LogP contribution >= 0.6 is 0 Å². The predicted molar refractivity (Wildman–Crippen MR) is 49.2 cm³/mol. The number of amides is 1. The standard InChI is InChI=1S/C9H15F3N2O/c1-6(9(10,11)12)8(15)14-5-7-2-3-13-4-7/h6-7,13H,2-5H2,1H3,(H,14,15). The Morgan fingerprint density at radius 2 is 2.27 bits per heavy atom. The van der Waals surface area contributed by atoms with E-state index in [4.69, 9.17) is 0 Å². The molecule has 15 heavy (non-hydrogen) atoms. The van der Waals surface area contributed by atoms with E-state index in [1.807, 2.05) is 0 Å². The molecule has 1 rings (SSSR count). The van der Waals surface area contributed by atoms with Crippen LogP contribution in [0.3, 0.4) is 0 Å². The van der Waals surface area contributed by atoms with Gasteiger partial charge in [0.05, 0.1) is 0 Å². The van der Waals surface area contributed by atoms with Crippen LogP contribution in [0.1, 0.15) is 13.3 Å². The molecule has 1 fully saturated rings. The second kappa shape index (κ2) is 4.83. The zero-order chi connectivity index (χ0) is 11.5. The van der Waals surface area contributed by atoms with Crippen molar-refractivity contribution >= 4 is 5.91 Å². The lowest BCUT2D eigenvalue weighted by Gasteiger charge is -2.16. The van der Waals surface area contributed by atoms with E-state index in [0.29, 0.717) is 6.54 Å². The normalized spacial score (nSPS) is 23.9. The first-order valence-corrected chi connectivity index (χ1v) is 4.96. The van der Waals surface area contributed by atoms with E-state index in [9.17, 15) is 18.0 Å². The highest BCUT2D eigenvalue weighted by atomic mass is 19.4. The monoisotopic (exact) mass is 224 g/mol. The lowest BCUT2D eigenvalue weighted by atomic mass is 10.1. The number of nitrogens with one attached hydrogen (secondary N) is 2. The van der Waals surface area contributed by atoms with E-state index >= 15 is 0 Å². The minimum atomic E-state index is -4.45. The number of hydrogen-bond acceptors (Lipinski definition) is 2. The summed E-state index contributed by atoms with van der Waals surface area (Å²) in [7, 11) is 0. The van der Waals surface area contributed by atoms with E-state index in [1.54, 1.807) is 0 Å². The first kappa shape index (κ1) is 12.3. The van der Waals surface area contributed by atoms with Crippen molar-refractivity contribution in [3.8, 4) is 0 Å². The number of rotatable bonds is 3. The van der Waals surface area contributed by atoms with Crippen LogP contribution in [0, 0.1) is 11.8 Å². The Bertz CT molecular complexity index is 224. The molecule has 2 N–H and O–H groups in total. The molecule has 0 aromatic carbocycles. The van der Waals surface area contributed by atoms with E-state index < -0.39 is 18.0 Å². The summed E-state index contributed by atoms with van der Waals surface area (Å²) in [6, 6.07) is 0. The SMILES string of the molecule is CC(C(=O)NCC1CCNC1)C(F)(F)F. The average Bonchev–Trinajstić information content (AvgIpc) is 2.63. The maximum Gasteiger partial charge on any atom is 0.400 e. The summed E-state index contributed by atoms with van der Waals surface area (Å²) in [4.78, 5) is 11.1. The molecule has 3 nitrogen and oxygen atoms in total. The van der Waals surface area contributed by atoms with Crippen LogP contribution in [-0.4, -0.2) is 31.7 Å². The van der Waals surface area contributed by atoms with Crippen molar-refractivity contribution in [1.29, 1.82) is 0 Å². The van der Waals surface area contributed by atoms with E-state index in [-0.39, 0.29) is 5.92 Å². The fourth-order valence-corrected chi connectivity index (χ4v) is 1.44. The fourth-order valence-electron chi connectivity index (χ4n) is 1.44. The van der Waals surface area contributed by atoms with Crippen molar-refractivity contribution in [3.63, 3.8) is 0 Å².